The maximum atomic E-state index is 12.7. The number of aryl methyl sites for hydroxylation is 1. The maximum absolute atomic E-state index is 12.7. The van der Waals surface area contributed by atoms with Gasteiger partial charge < -0.3 is 20.1 Å². The molecule has 1 unspecified atom stereocenters. The third-order valence-corrected chi connectivity index (χ3v) is 6.03. The first-order valence-electron chi connectivity index (χ1n) is 12.2. The van der Waals surface area contributed by atoms with Gasteiger partial charge in [0.2, 0.25) is 0 Å². The predicted octanol–water partition coefficient (Wildman–Crippen LogP) is 5.06. The van der Waals surface area contributed by atoms with Crippen molar-refractivity contribution in [3.05, 3.63) is 65.2 Å². The highest BCUT2D eigenvalue weighted by atomic mass is 16.6. The first-order valence-corrected chi connectivity index (χ1v) is 12.2. The third-order valence-electron chi connectivity index (χ3n) is 6.03. The van der Waals surface area contributed by atoms with Gasteiger partial charge in [-0.05, 0) is 69.9 Å². The van der Waals surface area contributed by atoms with Crippen LogP contribution in [0.3, 0.4) is 0 Å². The summed E-state index contributed by atoms with van der Waals surface area (Å²) in [7, 11) is 0. The van der Waals surface area contributed by atoms with Crippen LogP contribution in [0.25, 0.3) is 11.3 Å². The number of carbonyl (C=O) groups excluding carboxylic acids is 2. The molecular weight excluding hydrogens is 474 g/mol. The molecule has 37 heavy (non-hydrogen) atoms. The molecule has 4 rings (SSSR count). The van der Waals surface area contributed by atoms with E-state index in [2.05, 4.69) is 20.3 Å². The lowest BCUT2D eigenvalue weighted by Crippen LogP contribution is -2.36. The van der Waals surface area contributed by atoms with E-state index in [4.69, 9.17) is 4.74 Å². The van der Waals surface area contributed by atoms with Crippen molar-refractivity contribution in [1.82, 2.24) is 19.9 Å². The number of imidazole rings is 1. The summed E-state index contributed by atoms with van der Waals surface area (Å²) in [6.45, 7) is 7.91. The first kappa shape index (κ1) is 25.9. The number of ether oxygens (including phenoxy) is 1. The summed E-state index contributed by atoms with van der Waals surface area (Å²) in [4.78, 5) is 50.7. The van der Waals surface area contributed by atoms with Crippen molar-refractivity contribution in [2.75, 3.05) is 11.9 Å². The molecular formula is C27H31N5O5. The molecule has 3 heterocycles. The van der Waals surface area contributed by atoms with Gasteiger partial charge in [-0.25, -0.2) is 19.6 Å². The monoisotopic (exact) mass is 505 g/mol. The number of likely N-dealkylation sites (tertiary alicyclic amines) is 1. The number of pyridine rings is 1. The Balaban J connectivity index is 1.56. The summed E-state index contributed by atoms with van der Waals surface area (Å²) in [5.74, 6) is -0.643. The van der Waals surface area contributed by atoms with Crippen molar-refractivity contribution < 1.29 is 24.2 Å². The van der Waals surface area contributed by atoms with Gasteiger partial charge in [0.05, 0.1) is 6.04 Å². The molecule has 1 fully saturated rings. The van der Waals surface area contributed by atoms with Crippen LogP contribution in [0.4, 0.5) is 10.6 Å². The van der Waals surface area contributed by atoms with Crippen LogP contribution in [0.2, 0.25) is 0 Å². The van der Waals surface area contributed by atoms with Crippen molar-refractivity contribution in [2.45, 2.75) is 58.6 Å². The molecule has 3 N–H and O–H groups in total. The number of carboxylic acid groups (broad SMARTS) is 1. The summed E-state index contributed by atoms with van der Waals surface area (Å²) < 4.78 is 5.52. The molecule has 0 spiro atoms. The Hall–Kier alpha value is -4.21. The van der Waals surface area contributed by atoms with E-state index in [1.165, 1.54) is 0 Å². The highest BCUT2D eigenvalue weighted by Crippen LogP contribution is 2.34. The molecule has 3 aromatic rings. The highest BCUT2D eigenvalue weighted by Gasteiger charge is 2.36. The SMILES string of the molecule is CCc1ccnc(NC(=O)c2ccc(-c3nc(C4CCCN4C(=O)OC(C)(C)C)[nH]c3C(=O)O)cc2)c1. The quantitative estimate of drug-likeness (QED) is 0.426. The van der Waals surface area contributed by atoms with Crippen LogP contribution in [0.5, 0.6) is 0 Å². The minimum atomic E-state index is -1.17. The first-order chi connectivity index (χ1) is 17.6. The average Bonchev–Trinajstić information content (AvgIpc) is 3.51. The van der Waals surface area contributed by atoms with Gasteiger partial charge >= 0.3 is 12.1 Å². The molecule has 10 nitrogen and oxygen atoms in total. The van der Waals surface area contributed by atoms with Crippen LogP contribution >= 0.6 is 0 Å². The number of nitrogens with zero attached hydrogens (tertiary/aromatic N) is 3. The van der Waals surface area contributed by atoms with Crippen molar-refractivity contribution in [2.24, 2.45) is 0 Å². The number of hydrogen-bond donors (Lipinski definition) is 3. The van der Waals surface area contributed by atoms with Gasteiger partial charge in [0.1, 0.15) is 22.9 Å². The lowest BCUT2D eigenvalue weighted by molar-refractivity contribution is 0.0218. The molecule has 1 aliphatic heterocycles. The zero-order valence-corrected chi connectivity index (χ0v) is 21.4. The van der Waals surface area contributed by atoms with E-state index < -0.39 is 23.7 Å². The minimum Gasteiger partial charge on any atom is -0.477 e. The molecule has 0 bridgehead atoms. The van der Waals surface area contributed by atoms with Gasteiger partial charge in [0, 0.05) is 23.9 Å². The molecule has 0 saturated carbocycles. The minimum absolute atomic E-state index is 0.0798. The van der Waals surface area contributed by atoms with Crippen LogP contribution < -0.4 is 5.32 Å². The van der Waals surface area contributed by atoms with E-state index in [1.54, 1.807) is 56.1 Å². The fourth-order valence-electron chi connectivity index (χ4n) is 4.23. The van der Waals surface area contributed by atoms with Gasteiger partial charge in [-0.3, -0.25) is 9.69 Å². The molecule has 2 aromatic heterocycles. The Morgan fingerprint density at radius 3 is 2.57 bits per heavy atom. The fraction of sp³-hybridized carbons (Fsp3) is 0.370. The Bertz CT molecular complexity index is 1310. The Morgan fingerprint density at radius 1 is 1.19 bits per heavy atom. The number of aromatic carboxylic acids is 1. The van der Waals surface area contributed by atoms with Crippen LogP contribution in [0.1, 0.15) is 78.8 Å². The van der Waals surface area contributed by atoms with Crippen LogP contribution in [0, 0.1) is 0 Å². The van der Waals surface area contributed by atoms with Gasteiger partial charge in [-0.1, -0.05) is 19.1 Å². The zero-order valence-electron chi connectivity index (χ0n) is 21.4. The number of carbonyl (C=O) groups is 3. The summed E-state index contributed by atoms with van der Waals surface area (Å²) in [6.07, 6.45) is 3.40. The summed E-state index contributed by atoms with van der Waals surface area (Å²) in [5, 5.41) is 12.6. The number of nitrogens with one attached hydrogen (secondary N) is 2. The smallest absolute Gasteiger partial charge is 0.410 e. The summed E-state index contributed by atoms with van der Waals surface area (Å²) >= 11 is 0. The molecule has 0 radical (unpaired) electrons. The largest absolute Gasteiger partial charge is 0.477 e. The second kappa shape index (κ2) is 10.4. The van der Waals surface area contributed by atoms with E-state index in [0.717, 1.165) is 18.4 Å². The Kier molecular flexibility index (Phi) is 7.28. The summed E-state index contributed by atoms with van der Waals surface area (Å²) in [6, 6.07) is 9.81. The van der Waals surface area contributed by atoms with Crippen LogP contribution in [0.15, 0.2) is 42.6 Å². The standard InChI is InChI=1S/C27H31N5O5/c1-5-16-12-13-28-20(15-16)29-24(33)18-10-8-17(9-11-18)21-22(25(34)35)31-23(30-21)19-7-6-14-32(19)26(36)37-27(2,3)4/h8-13,15,19H,5-7,14H2,1-4H3,(H,30,31)(H,34,35)(H,28,29,33). The molecule has 194 valence electrons. The number of H-pyrrole nitrogens is 1. The van der Waals surface area contributed by atoms with E-state index in [9.17, 15) is 19.5 Å². The second-order valence-corrected chi connectivity index (χ2v) is 9.92. The maximum Gasteiger partial charge on any atom is 0.410 e. The highest BCUT2D eigenvalue weighted by molar-refractivity contribution is 6.04. The van der Waals surface area contributed by atoms with Crippen molar-refractivity contribution >= 4 is 23.8 Å². The lowest BCUT2D eigenvalue weighted by Gasteiger charge is -2.27. The average molecular weight is 506 g/mol. The zero-order chi connectivity index (χ0) is 26.7. The predicted molar refractivity (Wildman–Crippen MR) is 137 cm³/mol. The normalized spacial score (nSPS) is 15.5. The van der Waals surface area contributed by atoms with Crippen LogP contribution in [-0.2, 0) is 11.2 Å². The number of aromatic nitrogens is 3. The number of carboxylic acids is 1. The number of benzene rings is 1. The molecule has 1 saturated heterocycles. The van der Waals surface area contributed by atoms with E-state index >= 15 is 0 Å². The fourth-order valence-corrected chi connectivity index (χ4v) is 4.23. The Morgan fingerprint density at radius 2 is 1.92 bits per heavy atom. The molecule has 1 aromatic carbocycles. The van der Waals surface area contributed by atoms with E-state index in [0.29, 0.717) is 35.7 Å². The third kappa shape index (κ3) is 5.96. The molecule has 1 aliphatic rings. The van der Waals surface area contributed by atoms with Gasteiger partial charge in [-0.2, -0.15) is 0 Å². The molecule has 10 heteroatoms. The topological polar surface area (TPSA) is 138 Å². The van der Waals surface area contributed by atoms with Crippen molar-refractivity contribution in [1.29, 1.82) is 0 Å². The van der Waals surface area contributed by atoms with Crippen LogP contribution in [-0.4, -0.2) is 55.1 Å². The number of aromatic amines is 1. The Labute approximate surface area is 215 Å². The lowest BCUT2D eigenvalue weighted by atomic mass is 10.1. The van der Waals surface area contributed by atoms with Gasteiger partial charge in [0.25, 0.3) is 5.91 Å². The van der Waals surface area contributed by atoms with Gasteiger partial charge in [0.15, 0.2) is 5.69 Å². The second-order valence-electron chi connectivity index (χ2n) is 9.92. The summed E-state index contributed by atoms with van der Waals surface area (Å²) in [5.41, 5.74) is 1.50. The van der Waals surface area contributed by atoms with Crippen molar-refractivity contribution in [3.63, 3.8) is 0 Å². The van der Waals surface area contributed by atoms with Gasteiger partial charge in [-0.15, -0.1) is 0 Å². The molecule has 0 aliphatic carbocycles. The number of rotatable bonds is 6. The number of anilines is 1. The molecule has 1 atom stereocenters. The number of hydrogen-bond acceptors (Lipinski definition) is 6. The van der Waals surface area contributed by atoms with Crippen molar-refractivity contribution in [3.8, 4) is 11.3 Å². The molecule has 2 amide bonds. The van der Waals surface area contributed by atoms with E-state index in [1.807, 2.05) is 19.1 Å². The number of amides is 2. The van der Waals surface area contributed by atoms with E-state index in [-0.39, 0.29) is 17.3 Å².